The van der Waals surface area contributed by atoms with Crippen LogP contribution in [-0.2, 0) is 6.61 Å². The zero-order chi connectivity index (χ0) is 12.6. The number of aromatic nitrogens is 1. The monoisotopic (exact) mass is 229 g/mol. The molecule has 0 aliphatic carbocycles. The molecule has 17 heavy (non-hydrogen) atoms. The Kier molecular flexibility index (Phi) is 3.07. The van der Waals surface area contributed by atoms with E-state index in [-0.39, 0.29) is 6.61 Å². The molecule has 0 fully saturated rings. The molecule has 0 aliphatic heterocycles. The average Bonchev–Trinajstić information content (AvgIpc) is 2.55. The fourth-order valence-corrected chi connectivity index (χ4v) is 2.42. The molecule has 0 unspecified atom stereocenters. The molecule has 2 nitrogen and oxygen atoms in total. The molecule has 0 bridgehead atoms. The van der Waals surface area contributed by atoms with E-state index in [4.69, 9.17) is 0 Å². The maximum atomic E-state index is 9.30. The smallest absolute Gasteiger partial charge is 0.0699 e. The maximum Gasteiger partial charge on any atom is 0.0699 e. The van der Waals surface area contributed by atoms with Gasteiger partial charge in [0.25, 0.3) is 0 Å². The van der Waals surface area contributed by atoms with Crippen LogP contribution >= 0.6 is 0 Å². The summed E-state index contributed by atoms with van der Waals surface area (Å²) in [5.74, 6) is 0. The number of benzene rings is 1. The second-order valence-electron chi connectivity index (χ2n) is 4.68. The molecular formula is C15H19NO. The maximum absolute atomic E-state index is 9.30. The van der Waals surface area contributed by atoms with Crippen molar-refractivity contribution in [3.8, 4) is 5.69 Å². The summed E-state index contributed by atoms with van der Waals surface area (Å²) in [6.45, 7) is 8.46. The largest absolute Gasteiger partial charge is 0.392 e. The van der Waals surface area contributed by atoms with Gasteiger partial charge in [0.1, 0.15) is 0 Å². The van der Waals surface area contributed by atoms with Crippen LogP contribution in [0.4, 0.5) is 0 Å². The SMILES string of the molecule is Cc1ccc(-n2c(C)cc(CO)c2C)c(C)c1. The van der Waals surface area contributed by atoms with E-state index in [9.17, 15) is 5.11 Å². The summed E-state index contributed by atoms with van der Waals surface area (Å²) in [7, 11) is 0. The molecule has 1 heterocycles. The summed E-state index contributed by atoms with van der Waals surface area (Å²) >= 11 is 0. The quantitative estimate of drug-likeness (QED) is 0.840. The van der Waals surface area contributed by atoms with E-state index in [1.807, 2.05) is 0 Å². The van der Waals surface area contributed by atoms with Crippen molar-refractivity contribution in [2.75, 3.05) is 0 Å². The Balaban J connectivity index is 2.64. The first-order chi connectivity index (χ1) is 8.04. The van der Waals surface area contributed by atoms with Crippen LogP contribution in [0.15, 0.2) is 24.3 Å². The first-order valence-corrected chi connectivity index (χ1v) is 5.91. The van der Waals surface area contributed by atoms with Crippen molar-refractivity contribution in [3.05, 3.63) is 52.3 Å². The van der Waals surface area contributed by atoms with Gasteiger partial charge >= 0.3 is 0 Å². The Morgan fingerprint density at radius 3 is 2.29 bits per heavy atom. The van der Waals surface area contributed by atoms with E-state index < -0.39 is 0 Å². The molecule has 2 heteroatoms. The molecular weight excluding hydrogens is 210 g/mol. The number of aliphatic hydroxyl groups is 1. The van der Waals surface area contributed by atoms with Crippen molar-refractivity contribution in [1.82, 2.24) is 4.57 Å². The number of hydrogen-bond donors (Lipinski definition) is 1. The molecule has 1 aromatic carbocycles. The Hall–Kier alpha value is -1.54. The first kappa shape index (κ1) is 11.9. The van der Waals surface area contributed by atoms with Crippen molar-refractivity contribution in [2.24, 2.45) is 0 Å². The number of nitrogens with zero attached hydrogens (tertiary/aromatic N) is 1. The van der Waals surface area contributed by atoms with Gasteiger partial charge in [0, 0.05) is 17.1 Å². The molecule has 1 N–H and O–H groups in total. The van der Waals surface area contributed by atoms with Crippen molar-refractivity contribution in [3.63, 3.8) is 0 Å². The predicted octanol–water partition coefficient (Wildman–Crippen LogP) is 3.20. The van der Waals surface area contributed by atoms with Gasteiger partial charge in [0.05, 0.1) is 6.61 Å². The van der Waals surface area contributed by atoms with Crippen LogP contribution < -0.4 is 0 Å². The molecule has 2 aromatic rings. The number of rotatable bonds is 2. The van der Waals surface area contributed by atoms with Crippen LogP contribution in [0.3, 0.4) is 0 Å². The molecule has 0 saturated heterocycles. The number of aliphatic hydroxyl groups excluding tert-OH is 1. The van der Waals surface area contributed by atoms with Crippen molar-refractivity contribution in [2.45, 2.75) is 34.3 Å². The second-order valence-corrected chi connectivity index (χ2v) is 4.68. The van der Waals surface area contributed by atoms with E-state index in [1.54, 1.807) is 0 Å². The highest BCUT2D eigenvalue weighted by Crippen LogP contribution is 2.23. The van der Waals surface area contributed by atoms with E-state index in [1.165, 1.54) is 22.5 Å². The lowest BCUT2D eigenvalue weighted by molar-refractivity contribution is 0.281. The molecule has 0 aliphatic rings. The van der Waals surface area contributed by atoms with Crippen LogP contribution in [0, 0.1) is 27.7 Å². The van der Waals surface area contributed by atoms with Crippen LogP contribution in [0.1, 0.15) is 28.1 Å². The summed E-state index contributed by atoms with van der Waals surface area (Å²) in [5.41, 5.74) is 7.02. The summed E-state index contributed by atoms with van der Waals surface area (Å²) < 4.78 is 2.21. The van der Waals surface area contributed by atoms with Crippen molar-refractivity contribution in [1.29, 1.82) is 0 Å². The van der Waals surface area contributed by atoms with Gasteiger partial charge in [-0.2, -0.15) is 0 Å². The Labute approximate surface area is 103 Å². The second kappa shape index (κ2) is 4.38. The molecule has 0 saturated carbocycles. The molecule has 0 radical (unpaired) electrons. The minimum atomic E-state index is 0.102. The summed E-state index contributed by atoms with van der Waals surface area (Å²) in [4.78, 5) is 0. The van der Waals surface area contributed by atoms with Gasteiger partial charge in [-0.15, -0.1) is 0 Å². The van der Waals surface area contributed by atoms with Crippen LogP contribution in [0.5, 0.6) is 0 Å². The van der Waals surface area contributed by atoms with E-state index >= 15 is 0 Å². The van der Waals surface area contributed by atoms with Gasteiger partial charge in [-0.25, -0.2) is 0 Å². The van der Waals surface area contributed by atoms with Crippen LogP contribution in [0.2, 0.25) is 0 Å². The topological polar surface area (TPSA) is 25.2 Å². The third kappa shape index (κ3) is 2.01. The van der Waals surface area contributed by atoms with Gasteiger partial charge in [-0.1, -0.05) is 17.7 Å². The third-order valence-electron chi connectivity index (χ3n) is 3.30. The van der Waals surface area contributed by atoms with Gasteiger partial charge < -0.3 is 9.67 Å². The predicted molar refractivity (Wildman–Crippen MR) is 70.6 cm³/mol. The lowest BCUT2D eigenvalue weighted by Crippen LogP contribution is -2.02. The highest BCUT2D eigenvalue weighted by atomic mass is 16.3. The zero-order valence-corrected chi connectivity index (χ0v) is 10.9. The van der Waals surface area contributed by atoms with Gasteiger partial charge in [-0.05, 0) is 51.0 Å². The average molecular weight is 229 g/mol. The lowest BCUT2D eigenvalue weighted by atomic mass is 10.1. The highest BCUT2D eigenvalue weighted by Gasteiger charge is 2.11. The first-order valence-electron chi connectivity index (χ1n) is 5.91. The Morgan fingerprint density at radius 2 is 1.76 bits per heavy atom. The van der Waals surface area contributed by atoms with Gasteiger partial charge in [0.15, 0.2) is 0 Å². The third-order valence-corrected chi connectivity index (χ3v) is 3.30. The summed E-state index contributed by atoms with van der Waals surface area (Å²) in [5, 5.41) is 9.30. The highest BCUT2D eigenvalue weighted by molar-refractivity contribution is 5.47. The molecule has 0 atom stereocenters. The van der Waals surface area contributed by atoms with Gasteiger partial charge in [-0.3, -0.25) is 0 Å². The van der Waals surface area contributed by atoms with Crippen LogP contribution in [-0.4, -0.2) is 9.67 Å². The Bertz CT molecular complexity index is 552. The van der Waals surface area contributed by atoms with Crippen molar-refractivity contribution < 1.29 is 5.11 Å². The Morgan fingerprint density at radius 1 is 1.06 bits per heavy atom. The lowest BCUT2D eigenvalue weighted by Gasteiger charge is -2.13. The van der Waals surface area contributed by atoms with Gasteiger partial charge in [0.2, 0.25) is 0 Å². The minimum absolute atomic E-state index is 0.102. The molecule has 0 spiro atoms. The normalized spacial score (nSPS) is 10.9. The van der Waals surface area contributed by atoms with Crippen molar-refractivity contribution >= 4 is 0 Å². The summed E-state index contributed by atoms with van der Waals surface area (Å²) in [6, 6.07) is 8.51. The fraction of sp³-hybridized carbons (Fsp3) is 0.333. The standard InChI is InChI=1S/C15H19NO/c1-10-5-6-15(11(2)7-10)16-12(3)8-14(9-17)13(16)4/h5-8,17H,9H2,1-4H3. The molecule has 0 amide bonds. The van der Waals surface area contributed by atoms with E-state index in [0.717, 1.165) is 11.3 Å². The summed E-state index contributed by atoms with van der Waals surface area (Å²) in [6.07, 6.45) is 0. The number of hydrogen-bond acceptors (Lipinski definition) is 1. The molecule has 1 aromatic heterocycles. The fourth-order valence-electron chi connectivity index (χ4n) is 2.42. The number of aryl methyl sites for hydroxylation is 3. The van der Waals surface area contributed by atoms with Crippen LogP contribution in [0.25, 0.3) is 5.69 Å². The molecule has 2 rings (SSSR count). The zero-order valence-electron chi connectivity index (χ0n) is 10.9. The minimum Gasteiger partial charge on any atom is -0.392 e. The molecule has 90 valence electrons. The van der Waals surface area contributed by atoms with E-state index in [0.29, 0.717) is 0 Å². The van der Waals surface area contributed by atoms with E-state index in [2.05, 4.69) is 56.5 Å².